The fourth-order valence-electron chi connectivity index (χ4n) is 3.27. The Bertz CT molecular complexity index is 928. The van der Waals surface area contributed by atoms with Gasteiger partial charge >= 0.3 is 0 Å². The fraction of sp³-hybridized carbons (Fsp3) is 0.391. The van der Waals surface area contributed by atoms with Gasteiger partial charge in [-0.2, -0.15) is 0 Å². The van der Waals surface area contributed by atoms with Gasteiger partial charge in [-0.3, -0.25) is 0 Å². The van der Waals surface area contributed by atoms with Crippen molar-refractivity contribution < 1.29 is 9.47 Å². The Morgan fingerprint density at radius 3 is 2.14 bits per heavy atom. The average Bonchev–Trinajstić information content (AvgIpc) is 3.15. The molecule has 5 heteroatoms. The first-order valence-electron chi connectivity index (χ1n) is 9.68. The maximum Gasteiger partial charge on any atom is 0.132 e. The molecule has 0 fully saturated rings. The van der Waals surface area contributed by atoms with E-state index in [1.807, 2.05) is 16.9 Å². The lowest BCUT2D eigenvalue weighted by atomic mass is 9.97. The number of aromatic nitrogens is 3. The van der Waals surface area contributed by atoms with Gasteiger partial charge in [0.1, 0.15) is 17.2 Å². The van der Waals surface area contributed by atoms with Crippen LogP contribution in [0.1, 0.15) is 56.2 Å². The van der Waals surface area contributed by atoms with Crippen molar-refractivity contribution in [2.75, 3.05) is 14.2 Å². The average molecular weight is 380 g/mol. The van der Waals surface area contributed by atoms with Crippen molar-refractivity contribution in [3.8, 4) is 22.8 Å². The molecule has 5 nitrogen and oxygen atoms in total. The molecule has 0 unspecified atom stereocenters. The van der Waals surface area contributed by atoms with Crippen LogP contribution in [0.25, 0.3) is 11.3 Å². The first-order chi connectivity index (χ1) is 13.4. The summed E-state index contributed by atoms with van der Waals surface area (Å²) in [6.45, 7) is 9.37. The maximum atomic E-state index is 5.58. The molecule has 0 aliphatic rings. The van der Waals surface area contributed by atoms with Gasteiger partial charge in [0.15, 0.2) is 0 Å². The molecule has 2 aromatic carbocycles. The zero-order valence-corrected chi connectivity index (χ0v) is 17.6. The number of rotatable bonds is 7. The molecule has 3 rings (SSSR count). The Morgan fingerprint density at radius 2 is 1.57 bits per heavy atom. The molecule has 0 aliphatic heterocycles. The van der Waals surface area contributed by atoms with Crippen LogP contribution in [0.15, 0.2) is 42.6 Å². The van der Waals surface area contributed by atoms with Crippen molar-refractivity contribution in [3.63, 3.8) is 0 Å². The van der Waals surface area contributed by atoms with E-state index in [2.05, 4.69) is 68.3 Å². The lowest BCUT2D eigenvalue weighted by molar-refractivity contribution is 0.390. The maximum absolute atomic E-state index is 5.58. The second-order valence-electron chi connectivity index (χ2n) is 7.65. The normalized spacial score (nSPS) is 11.3. The minimum absolute atomic E-state index is 0.328. The summed E-state index contributed by atoms with van der Waals surface area (Å²) in [6.07, 6.45) is 1.96. The van der Waals surface area contributed by atoms with Crippen molar-refractivity contribution in [1.29, 1.82) is 0 Å². The molecular weight excluding hydrogens is 350 g/mol. The summed E-state index contributed by atoms with van der Waals surface area (Å²) in [7, 11) is 3.34. The lowest BCUT2D eigenvalue weighted by Crippen LogP contribution is -2.00. The van der Waals surface area contributed by atoms with Gasteiger partial charge in [0.05, 0.1) is 27.0 Å². The molecule has 0 bridgehead atoms. The highest BCUT2D eigenvalue weighted by atomic mass is 16.5. The van der Waals surface area contributed by atoms with Gasteiger partial charge in [-0.1, -0.05) is 57.2 Å². The minimum Gasteiger partial charge on any atom is -0.496 e. The molecule has 0 radical (unpaired) electrons. The standard InChI is InChI=1S/C23H29N3O2/c1-15(2)18-9-7-17(8-10-18)13-26-14-21(24-25-26)20-11-19(16(3)4)22(27-5)12-23(20)28-6/h7-12,14-16H,13H2,1-6H3. The van der Waals surface area contributed by atoms with E-state index in [-0.39, 0.29) is 0 Å². The van der Waals surface area contributed by atoms with Gasteiger partial charge in [0.2, 0.25) is 0 Å². The third kappa shape index (κ3) is 4.19. The fourth-order valence-corrected chi connectivity index (χ4v) is 3.27. The highest BCUT2D eigenvalue weighted by Crippen LogP contribution is 2.38. The minimum atomic E-state index is 0.328. The van der Waals surface area contributed by atoms with Crippen molar-refractivity contribution in [1.82, 2.24) is 15.0 Å². The lowest BCUT2D eigenvalue weighted by Gasteiger charge is -2.16. The highest BCUT2D eigenvalue weighted by molar-refractivity contribution is 5.70. The zero-order chi connectivity index (χ0) is 20.3. The molecule has 1 heterocycles. The summed E-state index contributed by atoms with van der Waals surface area (Å²) in [5, 5.41) is 8.70. The van der Waals surface area contributed by atoms with Crippen molar-refractivity contribution >= 4 is 0 Å². The van der Waals surface area contributed by atoms with Crippen LogP contribution < -0.4 is 9.47 Å². The first kappa shape index (κ1) is 19.9. The van der Waals surface area contributed by atoms with Crippen molar-refractivity contribution in [2.45, 2.75) is 46.1 Å². The number of benzene rings is 2. The molecule has 3 aromatic rings. The van der Waals surface area contributed by atoms with Crippen molar-refractivity contribution in [2.24, 2.45) is 0 Å². The molecule has 0 saturated carbocycles. The second-order valence-corrected chi connectivity index (χ2v) is 7.65. The monoisotopic (exact) mass is 379 g/mol. The molecule has 0 aliphatic carbocycles. The summed E-state index contributed by atoms with van der Waals surface area (Å²) in [5.41, 5.74) is 5.38. The molecule has 0 atom stereocenters. The van der Waals surface area contributed by atoms with Crippen LogP contribution in [-0.4, -0.2) is 29.2 Å². The summed E-state index contributed by atoms with van der Waals surface area (Å²) >= 11 is 0. The Kier molecular flexibility index (Phi) is 6.02. The van der Waals surface area contributed by atoms with Crippen LogP contribution >= 0.6 is 0 Å². The SMILES string of the molecule is COc1cc(OC)c(C(C)C)cc1-c1cn(Cc2ccc(C(C)C)cc2)nn1. The zero-order valence-electron chi connectivity index (χ0n) is 17.6. The van der Waals surface area contributed by atoms with E-state index in [9.17, 15) is 0 Å². The number of ether oxygens (including phenoxy) is 2. The predicted octanol–water partition coefficient (Wildman–Crippen LogP) is 5.26. The Hall–Kier alpha value is -2.82. The summed E-state index contributed by atoms with van der Waals surface area (Å²) in [6, 6.07) is 12.7. The van der Waals surface area contributed by atoms with Gasteiger partial charge in [0, 0.05) is 11.6 Å². The van der Waals surface area contributed by atoms with E-state index in [4.69, 9.17) is 9.47 Å². The molecular formula is C23H29N3O2. The van der Waals surface area contributed by atoms with Crippen LogP contribution in [0.4, 0.5) is 0 Å². The summed E-state index contributed by atoms with van der Waals surface area (Å²) in [5.74, 6) is 2.42. The molecule has 28 heavy (non-hydrogen) atoms. The van der Waals surface area contributed by atoms with E-state index < -0.39 is 0 Å². The number of hydrogen-bond donors (Lipinski definition) is 0. The highest BCUT2D eigenvalue weighted by Gasteiger charge is 2.17. The summed E-state index contributed by atoms with van der Waals surface area (Å²) in [4.78, 5) is 0. The van der Waals surface area contributed by atoms with E-state index in [0.717, 1.165) is 28.3 Å². The predicted molar refractivity (Wildman–Crippen MR) is 112 cm³/mol. The van der Waals surface area contributed by atoms with Gasteiger partial charge in [0.25, 0.3) is 0 Å². The van der Waals surface area contributed by atoms with E-state index >= 15 is 0 Å². The Balaban J connectivity index is 1.89. The Morgan fingerprint density at radius 1 is 0.893 bits per heavy atom. The van der Waals surface area contributed by atoms with Crippen molar-refractivity contribution in [3.05, 3.63) is 59.3 Å². The van der Waals surface area contributed by atoms with Crippen LogP contribution in [0, 0.1) is 0 Å². The summed E-state index contributed by atoms with van der Waals surface area (Å²) < 4.78 is 13.0. The van der Waals surface area contributed by atoms with Crippen LogP contribution in [0.2, 0.25) is 0 Å². The van der Waals surface area contributed by atoms with Gasteiger partial charge in [-0.15, -0.1) is 5.10 Å². The van der Waals surface area contributed by atoms with Gasteiger partial charge < -0.3 is 9.47 Å². The molecule has 0 saturated heterocycles. The van der Waals surface area contributed by atoms with Crippen LogP contribution in [0.3, 0.4) is 0 Å². The Labute approximate surface area is 167 Å². The third-order valence-corrected chi connectivity index (χ3v) is 4.98. The van der Waals surface area contributed by atoms with Crippen LogP contribution in [-0.2, 0) is 6.54 Å². The molecule has 148 valence electrons. The van der Waals surface area contributed by atoms with Gasteiger partial charge in [-0.25, -0.2) is 4.68 Å². The smallest absolute Gasteiger partial charge is 0.132 e. The molecule has 1 aromatic heterocycles. The first-order valence-corrected chi connectivity index (χ1v) is 9.68. The largest absolute Gasteiger partial charge is 0.496 e. The molecule has 0 amide bonds. The number of nitrogens with zero attached hydrogens (tertiary/aromatic N) is 3. The molecule has 0 N–H and O–H groups in total. The second kappa shape index (κ2) is 8.46. The topological polar surface area (TPSA) is 49.2 Å². The number of methoxy groups -OCH3 is 2. The quantitative estimate of drug-likeness (QED) is 0.562. The molecule has 0 spiro atoms. The van der Waals surface area contributed by atoms with Gasteiger partial charge in [-0.05, 0) is 34.6 Å². The number of hydrogen-bond acceptors (Lipinski definition) is 4. The van der Waals surface area contributed by atoms with E-state index in [1.54, 1.807) is 14.2 Å². The van der Waals surface area contributed by atoms with E-state index in [1.165, 1.54) is 11.1 Å². The van der Waals surface area contributed by atoms with E-state index in [0.29, 0.717) is 18.4 Å². The third-order valence-electron chi connectivity index (χ3n) is 4.98. The van der Waals surface area contributed by atoms with Crippen LogP contribution in [0.5, 0.6) is 11.5 Å².